The fraction of sp³-hybridized carbons (Fsp3) is 0.767. The Bertz CT molecular complexity index is 1110. The summed E-state index contributed by atoms with van der Waals surface area (Å²) in [5.74, 6) is -1.41. The number of allylic oxidation sites excluding steroid dienone is 1. The zero-order valence-corrected chi connectivity index (χ0v) is 23.1. The Hall–Kier alpha value is -2.55. The maximum absolute atomic E-state index is 13.4. The maximum Gasteiger partial charge on any atom is 0.326 e. The number of amides is 1. The minimum Gasteiger partial charge on any atom is -0.480 e. The van der Waals surface area contributed by atoms with E-state index in [4.69, 9.17) is 4.74 Å². The fourth-order valence-electron chi connectivity index (χ4n) is 9.05. The van der Waals surface area contributed by atoms with Crippen molar-refractivity contribution in [3.05, 3.63) is 11.6 Å². The van der Waals surface area contributed by atoms with Gasteiger partial charge >= 0.3 is 11.9 Å². The van der Waals surface area contributed by atoms with Gasteiger partial charge in [-0.15, -0.1) is 0 Å². The number of ketones is 2. The van der Waals surface area contributed by atoms with Gasteiger partial charge in [0.1, 0.15) is 11.6 Å². The summed E-state index contributed by atoms with van der Waals surface area (Å²) < 4.78 is 5.22. The van der Waals surface area contributed by atoms with Gasteiger partial charge in [-0.05, 0) is 87.0 Å². The number of aliphatic hydroxyl groups is 1. The van der Waals surface area contributed by atoms with E-state index in [1.54, 1.807) is 0 Å². The van der Waals surface area contributed by atoms with Gasteiger partial charge in [-0.3, -0.25) is 19.2 Å². The van der Waals surface area contributed by atoms with E-state index in [1.165, 1.54) is 10.5 Å². The number of carboxylic acid groups (broad SMARTS) is 1. The second kappa shape index (κ2) is 10.1. The molecule has 1 aliphatic heterocycles. The van der Waals surface area contributed by atoms with Crippen LogP contribution in [0.4, 0.5) is 0 Å². The van der Waals surface area contributed by atoms with Crippen molar-refractivity contribution in [1.29, 1.82) is 0 Å². The molecule has 214 valence electrons. The van der Waals surface area contributed by atoms with Crippen LogP contribution in [-0.2, 0) is 28.7 Å². The van der Waals surface area contributed by atoms with Gasteiger partial charge in [-0.2, -0.15) is 0 Å². The molecule has 0 aromatic carbocycles. The minimum absolute atomic E-state index is 0.00931. The molecule has 9 nitrogen and oxygen atoms in total. The summed E-state index contributed by atoms with van der Waals surface area (Å²) in [6.07, 6.45) is 8.48. The summed E-state index contributed by atoms with van der Waals surface area (Å²) in [4.78, 5) is 62.9. The number of aliphatic carboxylic acids is 1. The van der Waals surface area contributed by atoms with Gasteiger partial charge < -0.3 is 19.8 Å². The Kier molecular flexibility index (Phi) is 7.27. The zero-order valence-electron chi connectivity index (χ0n) is 23.1. The van der Waals surface area contributed by atoms with Crippen molar-refractivity contribution in [2.24, 2.45) is 28.6 Å². The number of carbonyl (C=O) groups excluding carboxylic acids is 4. The molecule has 1 amide bonds. The molecule has 2 N–H and O–H groups in total. The van der Waals surface area contributed by atoms with E-state index in [1.807, 2.05) is 13.0 Å². The largest absolute Gasteiger partial charge is 0.480 e. The lowest BCUT2D eigenvalue weighted by Gasteiger charge is -2.58. The highest BCUT2D eigenvalue weighted by Crippen LogP contribution is 2.67. The van der Waals surface area contributed by atoms with Gasteiger partial charge in [0.15, 0.2) is 12.4 Å². The smallest absolute Gasteiger partial charge is 0.326 e. The van der Waals surface area contributed by atoms with E-state index in [-0.39, 0.29) is 30.0 Å². The number of Topliss-reactive ketones (excluding diaryl/α,β-unsaturated/α-hetero) is 1. The lowest BCUT2D eigenvalue weighted by molar-refractivity contribution is -0.170. The lowest BCUT2D eigenvalue weighted by atomic mass is 9.46. The Balaban J connectivity index is 1.18. The topological polar surface area (TPSA) is 138 Å². The van der Waals surface area contributed by atoms with Crippen LogP contribution in [0.25, 0.3) is 0 Å². The number of nitrogens with zero attached hydrogens (tertiary/aromatic N) is 1. The van der Waals surface area contributed by atoms with E-state index in [9.17, 15) is 34.2 Å². The quantitative estimate of drug-likeness (QED) is 0.467. The summed E-state index contributed by atoms with van der Waals surface area (Å²) in [7, 11) is 0. The average Bonchev–Trinajstić information content (AvgIpc) is 3.50. The number of rotatable bonds is 7. The summed E-state index contributed by atoms with van der Waals surface area (Å²) in [5.41, 5.74) is -0.878. The summed E-state index contributed by atoms with van der Waals surface area (Å²) in [6.45, 7) is 4.14. The van der Waals surface area contributed by atoms with Gasteiger partial charge in [-0.25, -0.2) is 4.79 Å². The molecule has 0 spiro atoms. The molecular formula is C30H41NO8. The Labute approximate surface area is 229 Å². The van der Waals surface area contributed by atoms with Crippen LogP contribution in [0.1, 0.15) is 90.9 Å². The first-order valence-electron chi connectivity index (χ1n) is 14.6. The Morgan fingerprint density at radius 3 is 2.49 bits per heavy atom. The van der Waals surface area contributed by atoms with Crippen LogP contribution >= 0.6 is 0 Å². The van der Waals surface area contributed by atoms with Crippen LogP contribution in [0.5, 0.6) is 0 Å². The van der Waals surface area contributed by atoms with E-state index < -0.39 is 47.3 Å². The molecule has 0 bridgehead atoms. The van der Waals surface area contributed by atoms with Crippen LogP contribution in [-0.4, -0.2) is 69.3 Å². The van der Waals surface area contributed by atoms with Crippen molar-refractivity contribution in [3.63, 3.8) is 0 Å². The Morgan fingerprint density at radius 2 is 1.74 bits per heavy atom. The number of hydrogen-bond acceptors (Lipinski definition) is 7. The molecule has 0 aromatic heterocycles. The first kappa shape index (κ1) is 28.0. The van der Waals surface area contributed by atoms with Crippen molar-refractivity contribution in [2.75, 3.05) is 13.2 Å². The van der Waals surface area contributed by atoms with Crippen molar-refractivity contribution >= 4 is 29.4 Å². The first-order chi connectivity index (χ1) is 18.4. The number of carboxylic acids is 1. The molecule has 0 aromatic rings. The number of hydrogen-bond donors (Lipinski definition) is 2. The molecule has 7 atom stereocenters. The number of esters is 1. The lowest BCUT2D eigenvalue weighted by Crippen LogP contribution is -2.58. The van der Waals surface area contributed by atoms with Crippen LogP contribution in [0.2, 0.25) is 0 Å². The van der Waals surface area contributed by atoms with E-state index in [0.717, 1.165) is 32.1 Å². The molecule has 5 aliphatic rings. The van der Waals surface area contributed by atoms with E-state index in [2.05, 4.69) is 6.92 Å². The van der Waals surface area contributed by atoms with Crippen LogP contribution < -0.4 is 0 Å². The molecular weight excluding hydrogens is 502 g/mol. The second-order valence-electron chi connectivity index (χ2n) is 13.0. The third kappa shape index (κ3) is 4.54. The molecule has 5 rings (SSSR count). The van der Waals surface area contributed by atoms with Crippen molar-refractivity contribution in [3.8, 4) is 0 Å². The zero-order chi connectivity index (χ0) is 28.2. The summed E-state index contributed by atoms with van der Waals surface area (Å²) in [6, 6.07) is -0.856. The fourth-order valence-corrected chi connectivity index (χ4v) is 9.05. The van der Waals surface area contributed by atoms with Gasteiger partial charge in [0.2, 0.25) is 11.7 Å². The third-order valence-electron chi connectivity index (χ3n) is 11.3. The normalized spacial score (nSPS) is 39.3. The van der Waals surface area contributed by atoms with Crippen molar-refractivity contribution in [2.45, 2.75) is 103 Å². The van der Waals surface area contributed by atoms with Gasteiger partial charge in [0.05, 0.1) is 6.42 Å². The van der Waals surface area contributed by atoms with E-state index in [0.29, 0.717) is 50.5 Å². The molecule has 39 heavy (non-hydrogen) atoms. The summed E-state index contributed by atoms with van der Waals surface area (Å²) in [5, 5.41) is 21.0. The highest BCUT2D eigenvalue weighted by atomic mass is 16.5. The van der Waals surface area contributed by atoms with Gasteiger partial charge in [0.25, 0.3) is 0 Å². The molecule has 3 saturated carbocycles. The standard InChI is InChI=1S/C30H41NO8/c1-28-12-9-19(32)16-18(28)5-6-20-21(28)10-13-29(2)22(20)11-14-30(29,38)24(33)17-39-26(35)8-7-25(34)31-15-3-4-23(31)27(36)37/h16,20-23,38H,3-15,17H2,1-2H3,(H,36,37)/t20-,21+,22+,23-,28+,29+,30+/m1/s1. The molecule has 4 fully saturated rings. The Morgan fingerprint density at radius 1 is 1.00 bits per heavy atom. The number of fused-ring (bicyclic) bond motifs is 5. The number of ether oxygens (including phenoxy) is 1. The highest BCUT2D eigenvalue weighted by molar-refractivity contribution is 5.92. The maximum atomic E-state index is 13.4. The van der Waals surface area contributed by atoms with Crippen LogP contribution in [0.15, 0.2) is 11.6 Å². The SMILES string of the molecule is C[C@]12CCC(=O)C=C1CC[C@@H]1[C@@H]2CC[C@@]2(C)[C@H]1CC[C@]2(O)C(=O)COC(=O)CCC(=O)N1CCC[C@@H]1C(=O)O. The number of likely N-dealkylation sites (tertiary alicyclic amines) is 1. The van der Waals surface area contributed by atoms with Crippen LogP contribution in [0.3, 0.4) is 0 Å². The molecule has 4 aliphatic carbocycles. The third-order valence-corrected chi connectivity index (χ3v) is 11.3. The van der Waals surface area contributed by atoms with Crippen molar-refractivity contribution < 1.29 is 38.9 Å². The monoisotopic (exact) mass is 543 g/mol. The van der Waals surface area contributed by atoms with Crippen LogP contribution in [0, 0.1) is 28.6 Å². The predicted octanol–water partition coefficient (Wildman–Crippen LogP) is 3.22. The highest BCUT2D eigenvalue weighted by Gasteiger charge is 2.66. The molecule has 0 unspecified atom stereocenters. The molecule has 1 heterocycles. The average molecular weight is 544 g/mol. The predicted molar refractivity (Wildman–Crippen MR) is 139 cm³/mol. The minimum atomic E-state index is -1.57. The number of carbonyl (C=O) groups is 5. The first-order valence-corrected chi connectivity index (χ1v) is 14.6. The van der Waals surface area contributed by atoms with Gasteiger partial charge in [0, 0.05) is 24.8 Å². The second-order valence-corrected chi connectivity index (χ2v) is 13.0. The summed E-state index contributed by atoms with van der Waals surface area (Å²) >= 11 is 0. The van der Waals surface area contributed by atoms with Gasteiger partial charge in [-0.1, -0.05) is 19.4 Å². The molecule has 0 radical (unpaired) electrons. The molecule has 1 saturated heterocycles. The van der Waals surface area contributed by atoms with E-state index >= 15 is 0 Å². The van der Waals surface area contributed by atoms with Crippen molar-refractivity contribution in [1.82, 2.24) is 4.90 Å². The molecule has 9 heteroatoms.